The number of aliphatic hydroxyl groups excluding tert-OH is 1. The van der Waals surface area contributed by atoms with Gasteiger partial charge in [0.15, 0.2) is 0 Å². The van der Waals surface area contributed by atoms with Gasteiger partial charge in [0.25, 0.3) is 0 Å². The number of carbonyl (C=O) groups is 2. The Morgan fingerprint density at radius 3 is 2.31 bits per heavy atom. The van der Waals surface area contributed by atoms with Gasteiger partial charge in [-0.05, 0) is 64.9 Å². The summed E-state index contributed by atoms with van der Waals surface area (Å²) in [5, 5.41) is 16.2. The van der Waals surface area contributed by atoms with Crippen LogP contribution < -0.4 is 10.6 Å². The molecule has 3 heterocycles. The van der Waals surface area contributed by atoms with Crippen molar-refractivity contribution in [3.8, 4) is 0 Å². The highest BCUT2D eigenvalue weighted by molar-refractivity contribution is 5.94. The predicted molar refractivity (Wildman–Crippen MR) is 125 cm³/mol. The maximum atomic E-state index is 13.0. The van der Waals surface area contributed by atoms with Gasteiger partial charge in [-0.1, -0.05) is 17.7 Å². The number of piperidine rings is 2. The molecule has 8 heteroatoms. The van der Waals surface area contributed by atoms with E-state index >= 15 is 0 Å². The van der Waals surface area contributed by atoms with Gasteiger partial charge in [0.05, 0.1) is 6.10 Å². The Labute approximate surface area is 190 Å². The Bertz CT molecular complexity index is 785. The van der Waals surface area contributed by atoms with Crippen LogP contribution in [0, 0.1) is 6.92 Å². The zero-order chi connectivity index (χ0) is 22.7. The van der Waals surface area contributed by atoms with E-state index in [1.165, 1.54) is 17.7 Å². The number of hydrogen-bond acceptors (Lipinski definition) is 5. The number of amides is 3. The summed E-state index contributed by atoms with van der Waals surface area (Å²) in [6.45, 7) is 6.48. The van der Waals surface area contributed by atoms with Crippen LogP contribution in [0.15, 0.2) is 24.3 Å². The van der Waals surface area contributed by atoms with E-state index in [1.807, 2.05) is 31.2 Å². The summed E-state index contributed by atoms with van der Waals surface area (Å²) < 4.78 is 0. The molecule has 1 aromatic carbocycles. The lowest BCUT2D eigenvalue weighted by molar-refractivity contribution is -0.125. The molecule has 3 aliphatic heterocycles. The number of urea groups is 1. The summed E-state index contributed by atoms with van der Waals surface area (Å²) >= 11 is 0. The Hall–Kier alpha value is -2.16. The summed E-state index contributed by atoms with van der Waals surface area (Å²) in [6.07, 6.45) is 3.91. The van der Waals surface area contributed by atoms with Crippen LogP contribution in [0.1, 0.15) is 37.7 Å². The number of likely N-dealkylation sites (tertiary alicyclic amines) is 3. The first-order valence-corrected chi connectivity index (χ1v) is 11.9. The van der Waals surface area contributed by atoms with Crippen LogP contribution in [-0.4, -0.2) is 95.7 Å². The number of rotatable bonds is 4. The summed E-state index contributed by atoms with van der Waals surface area (Å²) in [5.74, 6) is -0.154. The van der Waals surface area contributed by atoms with Gasteiger partial charge in [0.2, 0.25) is 5.91 Å². The lowest BCUT2D eigenvalue weighted by Gasteiger charge is -2.41. The van der Waals surface area contributed by atoms with Gasteiger partial charge in [-0.15, -0.1) is 0 Å². The Morgan fingerprint density at radius 2 is 1.66 bits per heavy atom. The molecule has 1 aromatic rings. The van der Waals surface area contributed by atoms with Crippen molar-refractivity contribution in [3.05, 3.63) is 29.8 Å². The van der Waals surface area contributed by atoms with E-state index in [-0.39, 0.29) is 30.9 Å². The number of nitrogens with one attached hydrogen (secondary N) is 2. The van der Waals surface area contributed by atoms with Gasteiger partial charge < -0.3 is 30.4 Å². The van der Waals surface area contributed by atoms with Crippen molar-refractivity contribution in [2.45, 2.75) is 63.3 Å². The first kappa shape index (κ1) is 23.0. The highest BCUT2D eigenvalue weighted by Gasteiger charge is 2.40. The fourth-order valence-corrected chi connectivity index (χ4v) is 5.19. The molecule has 32 heavy (non-hydrogen) atoms. The fraction of sp³-hybridized carbons (Fsp3) is 0.667. The molecule has 0 radical (unpaired) electrons. The van der Waals surface area contributed by atoms with Gasteiger partial charge in [0.1, 0.15) is 6.04 Å². The molecule has 0 saturated carbocycles. The summed E-state index contributed by atoms with van der Waals surface area (Å²) in [4.78, 5) is 32.3. The number of aryl methyl sites for hydroxylation is 1. The minimum absolute atomic E-state index is 0.129. The number of anilines is 1. The topological polar surface area (TPSA) is 88.2 Å². The van der Waals surface area contributed by atoms with Gasteiger partial charge in [-0.2, -0.15) is 0 Å². The second-order valence-electron chi connectivity index (χ2n) is 9.71. The number of hydrogen-bond donors (Lipinski definition) is 3. The maximum Gasteiger partial charge on any atom is 0.322 e. The van der Waals surface area contributed by atoms with Crippen LogP contribution in [0.25, 0.3) is 0 Å². The van der Waals surface area contributed by atoms with Crippen LogP contribution in [0.5, 0.6) is 0 Å². The first-order chi connectivity index (χ1) is 15.4. The molecular formula is C24H37N5O3. The standard InChI is InChI=1S/C24H37N5O3/c1-17-3-5-18(6-4-17)26-24(32)29-16-21(30)15-22(29)23(31)25-19-7-13-28(14-8-19)20-9-11-27(2)12-10-20/h3-6,19-22,30H,7-16H2,1-2H3,(H,25,31)(H,26,32)/t21-,22-/m1/s1. The van der Waals surface area contributed by atoms with Crippen molar-refractivity contribution in [1.82, 2.24) is 20.0 Å². The molecule has 0 spiro atoms. The monoisotopic (exact) mass is 443 g/mol. The average Bonchev–Trinajstić information content (AvgIpc) is 3.18. The lowest BCUT2D eigenvalue weighted by Crippen LogP contribution is -2.54. The van der Waals surface area contributed by atoms with Gasteiger partial charge >= 0.3 is 6.03 Å². The molecule has 0 aromatic heterocycles. The number of carbonyl (C=O) groups excluding carboxylic acids is 2. The average molecular weight is 444 g/mol. The molecule has 2 atom stereocenters. The molecule has 3 N–H and O–H groups in total. The number of β-amino-alcohol motifs (C(OH)–C–C–N with tert-alkyl or cyclic N) is 1. The molecule has 8 nitrogen and oxygen atoms in total. The number of aliphatic hydroxyl groups is 1. The van der Waals surface area contributed by atoms with Crippen molar-refractivity contribution in [2.75, 3.05) is 45.1 Å². The van der Waals surface area contributed by atoms with E-state index in [4.69, 9.17) is 0 Å². The molecule has 3 fully saturated rings. The third-order valence-electron chi connectivity index (χ3n) is 7.23. The molecule has 4 rings (SSSR count). The van der Waals surface area contributed by atoms with Crippen LogP contribution in [0.3, 0.4) is 0 Å². The van der Waals surface area contributed by atoms with Crippen molar-refractivity contribution in [1.29, 1.82) is 0 Å². The molecule has 0 aliphatic carbocycles. The molecule has 3 aliphatic rings. The van der Waals surface area contributed by atoms with Crippen LogP contribution in [0.4, 0.5) is 10.5 Å². The van der Waals surface area contributed by atoms with Crippen LogP contribution in [-0.2, 0) is 4.79 Å². The number of benzene rings is 1. The van der Waals surface area contributed by atoms with Crippen molar-refractivity contribution >= 4 is 17.6 Å². The maximum absolute atomic E-state index is 13.0. The molecular weight excluding hydrogens is 406 g/mol. The van der Waals surface area contributed by atoms with Crippen LogP contribution in [0.2, 0.25) is 0 Å². The summed E-state index contributed by atoms with van der Waals surface area (Å²) in [5.41, 5.74) is 1.79. The Morgan fingerprint density at radius 1 is 1.00 bits per heavy atom. The van der Waals surface area contributed by atoms with E-state index in [2.05, 4.69) is 27.5 Å². The SMILES string of the molecule is Cc1ccc(NC(=O)N2C[C@H](O)C[C@@H]2C(=O)NC2CCN(C3CCN(C)CC3)CC2)cc1. The second kappa shape index (κ2) is 10.2. The molecule has 3 amide bonds. The summed E-state index contributed by atoms with van der Waals surface area (Å²) in [7, 11) is 2.18. The highest BCUT2D eigenvalue weighted by atomic mass is 16.3. The molecule has 176 valence electrons. The van der Waals surface area contributed by atoms with E-state index in [1.54, 1.807) is 0 Å². The third-order valence-corrected chi connectivity index (χ3v) is 7.23. The fourth-order valence-electron chi connectivity index (χ4n) is 5.19. The minimum Gasteiger partial charge on any atom is -0.391 e. The van der Waals surface area contributed by atoms with E-state index in [0.717, 1.165) is 44.6 Å². The lowest BCUT2D eigenvalue weighted by atomic mass is 9.98. The normalized spacial score (nSPS) is 26.3. The third kappa shape index (κ3) is 5.60. The zero-order valence-corrected chi connectivity index (χ0v) is 19.3. The first-order valence-electron chi connectivity index (χ1n) is 11.9. The molecule has 0 bridgehead atoms. The molecule has 0 unspecified atom stereocenters. The van der Waals surface area contributed by atoms with E-state index in [0.29, 0.717) is 11.7 Å². The quantitative estimate of drug-likeness (QED) is 0.659. The van der Waals surface area contributed by atoms with E-state index < -0.39 is 12.1 Å². The van der Waals surface area contributed by atoms with E-state index in [9.17, 15) is 14.7 Å². The largest absolute Gasteiger partial charge is 0.391 e. The van der Waals surface area contributed by atoms with Crippen molar-refractivity contribution in [2.24, 2.45) is 0 Å². The van der Waals surface area contributed by atoms with Crippen molar-refractivity contribution < 1.29 is 14.7 Å². The molecule has 3 saturated heterocycles. The minimum atomic E-state index is -0.680. The smallest absolute Gasteiger partial charge is 0.322 e. The zero-order valence-electron chi connectivity index (χ0n) is 19.3. The number of nitrogens with zero attached hydrogens (tertiary/aromatic N) is 3. The second-order valence-corrected chi connectivity index (χ2v) is 9.71. The van der Waals surface area contributed by atoms with Gasteiger partial charge in [-0.3, -0.25) is 4.79 Å². The van der Waals surface area contributed by atoms with Gasteiger partial charge in [-0.25, -0.2) is 4.79 Å². The van der Waals surface area contributed by atoms with Crippen molar-refractivity contribution in [3.63, 3.8) is 0 Å². The van der Waals surface area contributed by atoms with Crippen LogP contribution >= 0.6 is 0 Å². The Kier molecular flexibility index (Phi) is 7.33. The predicted octanol–water partition coefficient (Wildman–Crippen LogP) is 1.64. The van der Waals surface area contributed by atoms with Gasteiger partial charge in [0, 0.05) is 43.8 Å². The highest BCUT2D eigenvalue weighted by Crippen LogP contribution is 2.23. The Balaban J connectivity index is 1.28. The summed E-state index contributed by atoms with van der Waals surface area (Å²) in [6, 6.07) is 7.34.